The van der Waals surface area contributed by atoms with Gasteiger partial charge in [0.25, 0.3) is 0 Å². The Hall–Kier alpha value is -0.780. The number of phosphoric acid groups is 1. The number of ether oxygens (including phenoxy) is 2. The highest BCUT2D eigenvalue weighted by molar-refractivity contribution is 7.47. The number of esters is 2. The van der Waals surface area contributed by atoms with Crippen LogP contribution in [0.15, 0.2) is 0 Å². The van der Waals surface area contributed by atoms with Crippen LogP contribution in [0.5, 0.6) is 0 Å². The van der Waals surface area contributed by atoms with E-state index in [1.54, 1.807) is 0 Å². The first-order valence-corrected chi connectivity index (χ1v) is 24.4. The molecule has 0 bridgehead atoms. The molecule has 0 radical (unpaired) electrons. The minimum Gasteiger partial charge on any atom is -1.00 e. The fraction of sp³-hybridized carbons (Fsp3) is 0.955. The second-order valence-corrected chi connectivity index (χ2v) is 18.1. The Kier molecular flexibility index (Phi) is 46.0. The topological polar surface area (TPSA) is 149 Å². The van der Waals surface area contributed by atoms with E-state index >= 15 is 0 Å². The molecule has 0 aliphatic heterocycles. The smallest absolute Gasteiger partial charge is 0.472 e. The number of carbonyl (C=O) groups is 2. The van der Waals surface area contributed by atoms with Gasteiger partial charge in [0.15, 0.2) is 6.10 Å². The Balaban J connectivity index is -0.00000330. The van der Waals surface area contributed by atoms with Crippen molar-refractivity contribution in [2.24, 2.45) is 0 Å². The number of rotatable bonds is 40. The lowest BCUT2D eigenvalue weighted by Gasteiger charge is -2.22. The monoisotopic (exact) mass is 860 g/mol. The number of aliphatic hydroxyl groups excluding tert-OH is 2. The molecule has 344 valence electrons. The normalized spacial score (nSPS) is 13.5. The van der Waals surface area contributed by atoms with E-state index in [1.807, 2.05) is 0 Å². The van der Waals surface area contributed by atoms with Gasteiger partial charge in [0.2, 0.25) is 0 Å². The summed E-state index contributed by atoms with van der Waals surface area (Å²) in [5.74, 6) is -0.913. The van der Waals surface area contributed by atoms with Gasteiger partial charge in [-0.2, -0.15) is 0 Å². The van der Waals surface area contributed by atoms with Crippen LogP contribution in [0.25, 0.3) is 0 Å². The second kappa shape index (κ2) is 43.3. The van der Waals surface area contributed by atoms with E-state index < -0.39 is 51.8 Å². The van der Waals surface area contributed by atoms with Gasteiger partial charge in [0, 0.05) is 12.8 Å². The molecule has 0 saturated carbocycles. The highest BCUT2D eigenvalue weighted by Gasteiger charge is 2.27. The second-order valence-electron chi connectivity index (χ2n) is 16.7. The van der Waals surface area contributed by atoms with Crippen molar-refractivity contribution in [3.63, 3.8) is 0 Å². The van der Waals surface area contributed by atoms with Crippen molar-refractivity contribution in [1.29, 1.82) is 0 Å². The van der Waals surface area contributed by atoms with Gasteiger partial charge >= 0.3 is 19.8 Å². The average Bonchev–Trinajstić information content (AvgIpc) is 3.15. The lowest BCUT2D eigenvalue weighted by atomic mass is 10.0. The van der Waals surface area contributed by atoms with Gasteiger partial charge in [-0.3, -0.25) is 18.6 Å². The molecule has 0 aromatic rings. The average molecular weight is 861 g/mol. The molecule has 13 heteroatoms. The van der Waals surface area contributed by atoms with Crippen LogP contribution in [0.1, 0.15) is 207 Å². The van der Waals surface area contributed by atoms with Crippen LogP contribution in [0, 0.1) is 0 Å². The number of hydrogen-bond acceptors (Lipinski definition) is 9. The van der Waals surface area contributed by atoms with Crippen LogP contribution in [0.4, 0.5) is 0 Å². The molecule has 0 aromatic heterocycles. The molecule has 3 N–H and O–H groups in total. The van der Waals surface area contributed by atoms with E-state index in [0.717, 1.165) is 43.0 Å². The van der Waals surface area contributed by atoms with Gasteiger partial charge in [-0.1, -0.05) is 175 Å². The highest BCUT2D eigenvalue weighted by Crippen LogP contribution is 2.43. The van der Waals surface area contributed by atoms with Crippen molar-refractivity contribution in [3.05, 3.63) is 0 Å². The summed E-state index contributed by atoms with van der Waals surface area (Å²) in [6.45, 7) is 5.88. The summed E-state index contributed by atoms with van der Waals surface area (Å²) >= 11 is 0. The van der Waals surface area contributed by atoms with Gasteiger partial charge in [0.1, 0.15) is 12.7 Å². The molecule has 0 amide bonds. The maximum absolute atomic E-state index is 12.5. The van der Waals surface area contributed by atoms with Crippen molar-refractivity contribution >= 4 is 19.8 Å². The van der Waals surface area contributed by atoms with Crippen LogP contribution in [-0.2, 0) is 32.7 Å². The Morgan fingerprint density at radius 2 is 0.895 bits per heavy atom. The van der Waals surface area contributed by atoms with Gasteiger partial charge < -0.3 is 41.5 Å². The molecule has 0 heterocycles. The quantitative estimate of drug-likeness (QED) is 0.0240. The fourth-order valence-corrected chi connectivity index (χ4v) is 7.10. The lowest BCUT2D eigenvalue weighted by Crippen LogP contribution is -3.00. The SMILES string of the molecule is CCCCCCCCCCCCCCCC(=O)OC[C@H](COP(=O)(O)OCC(O)CO)OC(=O)CCCCCCCCCCCCCCC.CCC[N+](C)(C)C.[Cl-]. The van der Waals surface area contributed by atoms with E-state index in [-0.39, 0.29) is 31.9 Å². The molecule has 2 unspecified atom stereocenters. The number of hydrogen-bond donors (Lipinski definition) is 3. The number of phosphoric ester groups is 1. The predicted molar refractivity (Wildman–Crippen MR) is 229 cm³/mol. The van der Waals surface area contributed by atoms with Gasteiger partial charge in [-0.25, -0.2) is 4.57 Å². The van der Waals surface area contributed by atoms with Crippen molar-refractivity contribution in [2.45, 2.75) is 219 Å². The third kappa shape index (κ3) is 49.5. The number of halogens is 1. The Morgan fingerprint density at radius 3 is 1.23 bits per heavy atom. The molecule has 0 saturated heterocycles. The number of carbonyl (C=O) groups excluding carboxylic acids is 2. The lowest BCUT2D eigenvalue weighted by molar-refractivity contribution is -0.870. The Bertz CT molecular complexity index is 924. The summed E-state index contributed by atoms with van der Waals surface area (Å²) in [6.07, 6.45) is 30.5. The first kappa shape index (κ1) is 60.5. The minimum absolute atomic E-state index is 0. The number of quaternary nitrogens is 1. The molecule has 0 rings (SSSR count). The van der Waals surface area contributed by atoms with Crippen molar-refractivity contribution in [2.75, 3.05) is 54.1 Å². The van der Waals surface area contributed by atoms with E-state index in [9.17, 15) is 24.2 Å². The molecule has 0 spiro atoms. The van der Waals surface area contributed by atoms with Gasteiger partial charge in [-0.05, 0) is 19.3 Å². The van der Waals surface area contributed by atoms with Crippen LogP contribution >= 0.6 is 7.82 Å². The minimum atomic E-state index is -4.60. The van der Waals surface area contributed by atoms with Gasteiger partial charge in [0.05, 0.1) is 47.5 Å². The number of nitrogens with zero attached hydrogens (tertiary/aromatic N) is 1. The molecule has 0 aromatic carbocycles. The maximum Gasteiger partial charge on any atom is 0.472 e. The van der Waals surface area contributed by atoms with Gasteiger partial charge in [-0.15, -0.1) is 0 Å². The molecular weight excluding hydrogens is 769 g/mol. The summed E-state index contributed by atoms with van der Waals surface area (Å²) in [4.78, 5) is 34.8. The van der Waals surface area contributed by atoms with E-state index in [0.29, 0.717) is 12.8 Å². The molecule has 3 atom stereocenters. The molecule has 0 fully saturated rings. The zero-order chi connectivity index (χ0) is 42.2. The zero-order valence-electron chi connectivity index (χ0n) is 37.7. The fourth-order valence-electron chi connectivity index (χ4n) is 6.31. The standard InChI is InChI=1S/C38H75O10P.C6H16N.ClH/c1-3-5-7-9-11-13-15-17-19-21-23-25-27-29-37(41)45-33-36(34-47-49(43,44)46-32-35(40)31-39)48-38(42)30-28-26-24-22-20-18-16-14-12-10-8-6-4-2;1-5-6-7(2,3)4;/h35-36,39-40H,3-34H2,1-2H3,(H,43,44);5-6H2,1-4H3;1H/q;+1;/p-1/t35?,36-;;/m1../s1. The molecule has 0 aliphatic rings. The third-order valence-electron chi connectivity index (χ3n) is 9.66. The maximum atomic E-state index is 12.5. The first-order valence-electron chi connectivity index (χ1n) is 22.9. The number of unbranched alkanes of at least 4 members (excludes halogenated alkanes) is 24. The van der Waals surface area contributed by atoms with Crippen LogP contribution in [0.2, 0.25) is 0 Å². The summed E-state index contributed by atoms with van der Waals surface area (Å²) in [6, 6.07) is 0. The van der Waals surface area contributed by atoms with E-state index in [1.165, 1.54) is 129 Å². The van der Waals surface area contributed by atoms with Crippen LogP contribution in [-0.4, -0.2) is 97.9 Å². The highest BCUT2D eigenvalue weighted by atomic mass is 35.5. The summed E-state index contributed by atoms with van der Waals surface area (Å²) in [5, 5.41) is 18.3. The third-order valence-corrected chi connectivity index (χ3v) is 10.6. The molecule has 0 aliphatic carbocycles. The Morgan fingerprint density at radius 1 is 0.544 bits per heavy atom. The molecule has 57 heavy (non-hydrogen) atoms. The predicted octanol–water partition coefficient (Wildman–Crippen LogP) is 8.00. The van der Waals surface area contributed by atoms with E-state index in [2.05, 4.69) is 46.4 Å². The van der Waals surface area contributed by atoms with Crippen molar-refractivity contribution in [3.8, 4) is 0 Å². The first-order chi connectivity index (χ1) is 26.8. The number of aliphatic hydroxyl groups is 2. The van der Waals surface area contributed by atoms with Crippen LogP contribution in [0.3, 0.4) is 0 Å². The van der Waals surface area contributed by atoms with Crippen molar-refractivity contribution < 1.29 is 64.7 Å². The summed E-state index contributed by atoms with van der Waals surface area (Å²) < 4.78 is 33.7. The largest absolute Gasteiger partial charge is 1.00 e. The van der Waals surface area contributed by atoms with E-state index in [4.69, 9.17) is 19.1 Å². The molecular formula is C44H91ClNO10P. The van der Waals surface area contributed by atoms with Crippen LogP contribution < -0.4 is 12.4 Å². The Labute approximate surface area is 356 Å². The summed E-state index contributed by atoms with van der Waals surface area (Å²) in [7, 11) is 2.03. The summed E-state index contributed by atoms with van der Waals surface area (Å²) in [5.41, 5.74) is 0. The zero-order valence-corrected chi connectivity index (χ0v) is 39.3. The van der Waals surface area contributed by atoms with Crippen molar-refractivity contribution in [1.82, 2.24) is 0 Å². The molecule has 11 nitrogen and oxygen atoms in total.